The fourth-order valence-corrected chi connectivity index (χ4v) is 2.11. The normalized spacial score (nSPS) is 11.2. The average molecular weight is 308 g/mol. The topological polar surface area (TPSA) is 58.2 Å². The molecule has 0 fully saturated rings. The Morgan fingerprint density at radius 2 is 2.05 bits per heavy atom. The summed E-state index contributed by atoms with van der Waals surface area (Å²) in [6, 6.07) is 6.93. The van der Waals surface area contributed by atoms with Gasteiger partial charge in [0.2, 0.25) is 0 Å². The van der Waals surface area contributed by atoms with Gasteiger partial charge in [-0.05, 0) is 38.1 Å². The fraction of sp³-hybridized carbons (Fsp3) is 0.333. The summed E-state index contributed by atoms with van der Waals surface area (Å²) in [6.07, 6.45) is 3.38. The van der Waals surface area contributed by atoms with Crippen LogP contribution in [0, 0.1) is 0 Å². The lowest BCUT2D eigenvalue weighted by Crippen LogP contribution is -2.47. The molecule has 112 valence electrons. The highest BCUT2D eigenvalue weighted by Crippen LogP contribution is 2.22. The van der Waals surface area contributed by atoms with Gasteiger partial charge in [-0.25, -0.2) is 4.98 Å². The van der Waals surface area contributed by atoms with Crippen molar-refractivity contribution in [1.29, 1.82) is 0 Å². The van der Waals surface area contributed by atoms with E-state index in [1.807, 2.05) is 0 Å². The number of likely N-dealkylation sites (N-methyl/N-ethyl adjacent to an activating group) is 1. The Morgan fingerprint density at radius 3 is 2.62 bits per heavy atom. The Morgan fingerprint density at radius 1 is 1.38 bits per heavy atom. The second-order valence-corrected chi connectivity index (χ2v) is 5.70. The number of carbonyl (C=O) groups is 1. The van der Waals surface area contributed by atoms with Crippen molar-refractivity contribution in [1.82, 2.24) is 14.9 Å². The number of hydrogen-bond donors (Lipinski definition) is 1. The Labute approximate surface area is 128 Å². The van der Waals surface area contributed by atoms with Crippen molar-refractivity contribution in [3.8, 4) is 5.75 Å². The summed E-state index contributed by atoms with van der Waals surface area (Å²) < 4.78 is 5.78. The first-order chi connectivity index (χ1) is 9.88. The standard InChI is InChI=1S/C15H18ClN3O2/c1-15(2,21-12-6-4-11(16)5-7-12)14(20)19(3)10-13-17-8-9-18-13/h4-9H,10H2,1-3H3,(H,17,18). The lowest BCUT2D eigenvalue weighted by molar-refractivity contribution is -0.144. The Kier molecular flexibility index (Phi) is 4.53. The molecule has 1 heterocycles. The summed E-state index contributed by atoms with van der Waals surface area (Å²) in [4.78, 5) is 21.2. The van der Waals surface area contributed by atoms with Crippen molar-refractivity contribution in [2.75, 3.05) is 7.05 Å². The van der Waals surface area contributed by atoms with Gasteiger partial charge in [-0.15, -0.1) is 0 Å². The number of H-pyrrole nitrogens is 1. The van der Waals surface area contributed by atoms with Gasteiger partial charge in [-0.1, -0.05) is 11.6 Å². The van der Waals surface area contributed by atoms with Crippen molar-refractivity contribution in [3.63, 3.8) is 0 Å². The second kappa shape index (κ2) is 6.18. The number of aromatic amines is 1. The summed E-state index contributed by atoms with van der Waals surface area (Å²) in [7, 11) is 1.72. The molecule has 1 N–H and O–H groups in total. The van der Waals surface area contributed by atoms with E-state index in [1.54, 1.807) is 62.5 Å². The second-order valence-electron chi connectivity index (χ2n) is 5.26. The lowest BCUT2D eigenvalue weighted by Gasteiger charge is -2.29. The zero-order valence-electron chi connectivity index (χ0n) is 12.3. The van der Waals surface area contributed by atoms with Gasteiger partial charge in [0.25, 0.3) is 5.91 Å². The van der Waals surface area contributed by atoms with Crippen LogP contribution in [-0.4, -0.2) is 33.4 Å². The van der Waals surface area contributed by atoms with Crippen LogP contribution in [0.1, 0.15) is 19.7 Å². The number of amides is 1. The molecule has 1 aromatic heterocycles. The zero-order chi connectivity index (χ0) is 15.5. The van der Waals surface area contributed by atoms with Crippen molar-refractivity contribution < 1.29 is 9.53 Å². The van der Waals surface area contributed by atoms with Crippen molar-refractivity contribution in [3.05, 3.63) is 47.5 Å². The molecule has 0 aliphatic heterocycles. The van der Waals surface area contributed by atoms with E-state index < -0.39 is 5.60 Å². The van der Waals surface area contributed by atoms with Gasteiger partial charge in [-0.3, -0.25) is 4.79 Å². The van der Waals surface area contributed by atoms with E-state index in [2.05, 4.69) is 9.97 Å². The monoisotopic (exact) mass is 307 g/mol. The predicted molar refractivity (Wildman–Crippen MR) is 81.2 cm³/mol. The van der Waals surface area contributed by atoms with E-state index in [0.29, 0.717) is 17.3 Å². The van der Waals surface area contributed by atoms with Crippen molar-refractivity contribution >= 4 is 17.5 Å². The van der Waals surface area contributed by atoms with Crippen LogP contribution in [0.5, 0.6) is 5.75 Å². The summed E-state index contributed by atoms with van der Waals surface area (Å²) >= 11 is 5.83. The highest BCUT2D eigenvalue weighted by molar-refractivity contribution is 6.30. The summed E-state index contributed by atoms with van der Waals surface area (Å²) in [5.74, 6) is 1.20. The van der Waals surface area contributed by atoms with Crippen LogP contribution in [0.3, 0.4) is 0 Å². The SMILES string of the molecule is CN(Cc1ncc[nH]1)C(=O)C(C)(C)Oc1ccc(Cl)cc1. The number of nitrogens with zero attached hydrogens (tertiary/aromatic N) is 2. The van der Waals surface area contributed by atoms with Gasteiger partial charge in [0.15, 0.2) is 5.60 Å². The van der Waals surface area contributed by atoms with Crippen LogP contribution in [0.4, 0.5) is 0 Å². The number of hydrogen-bond acceptors (Lipinski definition) is 3. The molecule has 0 bridgehead atoms. The largest absolute Gasteiger partial charge is 0.478 e. The summed E-state index contributed by atoms with van der Waals surface area (Å²) in [6.45, 7) is 3.88. The number of carbonyl (C=O) groups excluding carboxylic acids is 1. The molecule has 0 atom stereocenters. The molecule has 5 nitrogen and oxygen atoms in total. The van der Waals surface area contributed by atoms with E-state index in [-0.39, 0.29) is 5.91 Å². The van der Waals surface area contributed by atoms with Gasteiger partial charge in [-0.2, -0.15) is 0 Å². The predicted octanol–water partition coefficient (Wildman–Crippen LogP) is 2.88. The first-order valence-electron chi connectivity index (χ1n) is 6.57. The smallest absolute Gasteiger partial charge is 0.266 e. The quantitative estimate of drug-likeness (QED) is 0.924. The molecule has 0 aliphatic rings. The van der Waals surface area contributed by atoms with E-state index in [9.17, 15) is 4.79 Å². The number of nitrogens with one attached hydrogen (secondary N) is 1. The van der Waals surface area contributed by atoms with E-state index in [4.69, 9.17) is 16.3 Å². The highest BCUT2D eigenvalue weighted by Gasteiger charge is 2.33. The minimum Gasteiger partial charge on any atom is -0.478 e. The van der Waals surface area contributed by atoms with Crippen LogP contribution >= 0.6 is 11.6 Å². The third kappa shape index (κ3) is 3.98. The molecule has 1 amide bonds. The first-order valence-corrected chi connectivity index (χ1v) is 6.95. The zero-order valence-corrected chi connectivity index (χ0v) is 13.0. The molecule has 6 heteroatoms. The van der Waals surface area contributed by atoms with Gasteiger partial charge in [0, 0.05) is 24.5 Å². The fourth-order valence-electron chi connectivity index (χ4n) is 1.98. The molecule has 0 unspecified atom stereocenters. The number of aromatic nitrogens is 2. The maximum atomic E-state index is 12.5. The summed E-state index contributed by atoms with van der Waals surface area (Å²) in [5, 5.41) is 0.626. The van der Waals surface area contributed by atoms with Gasteiger partial charge in [0.1, 0.15) is 11.6 Å². The Hall–Kier alpha value is -2.01. The van der Waals surface area contributed by atoms with Crippen LogP contribution in [-0.2, 0) is 11.3 Å². The molecule has 2 rings (SSSR count). The molecular formula is C15H18ClN3O2. The molecule has 1 aromatic carbocycles. The number of benzene rings is 1. The number of imidazole rings is 1. The minimum absolute atomic E-state index is 0.131. The molecular weight excluding hydrogens is 290 g/mol. The minimum atomic E-state index is -0.977. The molecule has 21 heavy (non-hydrogen) atoms. The molecule has 0 aliphatic carbocycles. The molecule has 0 saturated heterocycles. The first kappa shape index (κ1) is 15.4. The number of rotatable bonds is 5. The van der Waals surface area contributed by atoms with Crippen LogP contribution < -0.4 is 4.74 Å². The van der Waals surface area contributed by atoms with Crippen LogP contribution in [0.2, 0.25) is 5.02 Å². The third-order valence-corrected chi connectivity index (χ3v) is 3.24. The van der Waals surface area contributed by atoms with Gasteiger partial charge in [0.05, 0.1) is 6.54 Å². The number of ether oxygens (including phenoxy) is 1. The molecule has 0 spiro atoms. The lowest BCUT2D eigenvalue weighted by atomic mass is 10.1. The van der Waals surface area contributed by atoms with Crippen molar-refractivity contribution in [2.45, 2.75) is 26.0 Å². The van der Waals surface area contributed by atoms with Gasteiger partial charge >= 0.3 is 0 Å². The van der Waals surface area contributed by atoms with Gasteiger partial charge < -0.3 is 14.6 Å². The number of halogens is 1. The Bertz CT molecular complexity index is 594. The van der Waals surface area contributed by atoms with E-state index in [0.717, 1.165) is 5.82 Å². The molecule has 0 radical (unpaired) electrons. The van der Waals surface area contributed by atoms with E-state index in [1.165, 1.54) is 0 Å². The van der Waals surface area contributed by atoms with Crippen LogP contribution in [0.25, 0.3) is 0 Å². The van der Waals surface area contributed by atoms with Crippen molar-refractivity contribution in [2.24, 2.45) is 0 Å². The Balaban J connectivity index is 2.03. The molecule has 2 aromatic rings. The summed E-state index contributed by atoms with van der Waals surface area (Å²) in [5.41, 5.74) is -0.977. The average Bonchev–Trinajstić information content (AvgIpc) is 2.93. The molecule has 0 saturated carbocycles. The maximum absolute atomic E-state index is 12.5. The van der Waals surface area contributed by atoms with E-state index >= 15 is 0 Å². The van der Waals surface area contributed by atoms with Crippen LogP contribution in [0.15, 0.2) is 36.7 Å². The third-order valence-electron chi connectivity index (χ3n) is 2.99. The maximum Gasteiger partial charge on any atom is 0.266 e. The highest BCUT2D eigenvalue weighted by atomic mass is 35.5.